The number of benzene rings is 1. The molecule has 1 aromatic carbocycles. The van der Waals surface area contributed by atoms with Gasteiger partial charge in [0.25, 0.3) is 11.8 Å². The second-order valence-electron chi connectivity index (χ2n) is 7.08. The maximum absolute atomic E-state index is 12.5. The number of aromatic nitrogens is 1. The Morgan fingerprint density at radius 3 is 2.61 bits per heavy atom. The predicted molar refractivity (Wildman–Crippen MR) is 117 cm³/mol. The van der Waals surface area contributed by atoms with Gasteiger partial charge in [-0.2, -0.15) is 0 Å². The third-order valence-corrected chi connectivity index (χ3v) is 5.04. The van der Waals surface area contributed by atoms with Gasteiger partial charge in [0.2, 0.25) is 0 Å². The van der Waals surface area contributed by atoms with Gasteiger partial charge in [-0.05, 0) is 49.4 Å². The summed E-state index contributed by atoms with van der Waals surface area (Å²) in [7, 11) is 0. The lowest BCUT2D eigenvalue weighted by Gasteiger charge is -2.35. The van der Waals surface area contributed by atoms with Crippen LogP contribution in [0.1, 0.15) is 27.8 Å². The molecule has 1 aliphatic heterocycles. The number of hydrogen-bond donors (Lipinski definition) is 1. The Labute approximate surface area is 180 Å². The first-order valence-electron chi connectivity index (χ1n) is 10.2. The second kappa shape index (κ2) is 9.34. The number of amides is 2. The molecule has 3 heterocycles. The van der Waals surface area contributed by atoms with Gasteiger partial charge < -0.3 is 24.3 Å². The summed E-state index contributed by atoms with van der Waals surface area (Å²) >= 11 is 0. The van der Waals surface area contributed by atoms with Crippen molar-refractivity contribution in [1.29, 1.82) is 0 Å². The molecule has 0 saturated carbocycles. The molecule has 3 aromatic rings. The minimum Gasteiger partial charge on any atom is -0.494 e. The fourth-order valence-corrected chi connectivity index (χ4v) is 3.44. The van der Waals surface area contributed by atoms with Crippen LogP contribution < -0.4 is 15.0 Å². The van der Waals surface area contributed by atoms with E-state index in [0.29, 0.717) is 55.5 Å². The van der Waals surface area contributed by atoms with Crippen molar-refractivity contribution in [2.24, 2.45) is 0 Å². The molecule has 0 unspecified atom stereocenters. The lowest BCUT2D eigenvalue weighted by atomic mass is 10.2. The van der Waals surface area contributed by atoms with Crippen molar-refractivity contribution >= 4 is 23.3 Å². The van der Waals surface area contributed by atoms with Crippen molar-refractivity contribution in [1.82, 2.24) is 9.88 Å². The minimum absolute atomic E-state index is 0.0934. The maximum atomic E-state index is 12.5. The van der Waals surface area contributed by atoms with Crippen molar-refractivity contribution in [3.63, 3.8) is 0 Å². The second-order valence-corrected chi connectivity index (χ2v) is 7.08. The van der Waals surface area contributed by atoms with Crippen LogP contribution in [-0.2, 0) is 0 Å². The number of piperazine rings is 1. The first-order chi connectivity index (χ1) is 15.1. The van der Waals surface area contributed by atoms with Crippen LogP contribution in [0.25, 0.3) is 0 Å². The SMILES string of the molecule is CCOc1cccc(C(=O)Nc2ccc(N3CCN(C(=O)c4ccco4)CC3)nc2)c1. The fourth-order valence-electron chi connectivity index (χ4n) is 3.44. The van der Waals surface area contributed by atoms with Crippen LogP contribution in [0.3, 0.4) is 0 Å². The van der Waals surface area contributed by atoms with E-state index >= 15 is 0 Å². The molecule has 8 nitrogen and oxygen atoms in total. The van der Waals surface area contributed by atoms with E-state index in [4.69, 9.17) is 9.15 Å². The van der Waals surface area contributed by atoms with Crippen molar-refractivity contribution in [2.45, 2.75) is 6.92 Å². The van der Waals surface area contributed by atoms with Crippen LogP contribution >= 0.6 is 0 Å². The van der Waals surface area contributed by atoms with Crippen molar-refractivity contribution in [2.75, 3.05) is 43.0 Å². The maximum Gasteiger partial charge on any atom is 0.289 e. The molecular formula is C23H24N4O4. The Bertz CT molecular complexity index is 1030. The predicted octanol–water partition coefficient (Wildman–Crippen LogP) is 3.29. The molecule has 0 spiro atoms. The Kier molecular flexibility index (Phi) is 6.16. The zero-order chi connectivity index (χ0) is 21.6. The van der Waals surface area contributed by atoms with E-state index in [0.717, 1.165) is 5.82 Å². The van der Waals surface area contributed by atoms with Crippen molar-refractivity contribution < 1.29 is 18.7 Å². The summed E-state index contributed by atoms with van der Waals surface area (Å²) < 4.78 is 10.6. The number of carbonyl (C=O) groups is 2. The summed E-state index contributed by atoms with van der Waals surface area (Å²) in [6.07, 6.45) is 3.14. The highest BCUT2D eigenvalue weighted by molar-refractivity contribution is 6.04. The number of anilines is 2. The highest BCUT2D eigenvalue weighted by Crippen LogP contribution is 2.19. The summed E-state index contributed by atoms with van der Waals surface area (Å²) in [5, 5.41) is 2.86. The number of hydrogen-bond acceptors (Lipinski definition) is 6. The summed E-state index contributed by atoms with van der Waals surface area (Å²) in [5.41, 5.74) is 1.13. The molecule has 2 aromatic heterocycles. The average Bonchev–Trinajstić information content (AvgIpc) is 3.35. The van der Waals surface area contributed by atoms with E-state index in [2.05, 4.69) is 15.2 Å². The van der Waals surface area contributed by atoms with Gasteiger partial charge in [-0.25, -0.2) is 4.98 Å². The zero-order valence-electron chi connectivity index (χ0n) is 17.3. The quantitative estimate of drug-likeness (QED) is 0.658. The molecule has 160 valence electrons. The summed E-state index contributed by atoms with van der Waals surface area (Å²) in [4.78, 5) is 33.3. The summed E-state index contributed by atoms with van der Waals surface area (Å²) in [6, 6.07) is 14.1. The van der Waals surface area contributed by atoms with Crippen LogP contribution in [0, 0.1) is 0 Å². The van der Waals surface area contributed by atoms with Crippen LogP contribution in [-0.4, -0.2) is 54.5 Å². The van der Waals surface area contributed by atoms with E-state index in [1.165, 1.54) is 6.26 Å². The normalized spacial score (nSPS) is 13.7. The Hall–Kier alpha value is -3.81. The highest BCUT2D eigenvalue weighted by Gasteiger charge is 2.24. The smallest absolute Gasteiger partial charge is 0.289 e. The van der Waals surface area contributed by atoms with Crippen LogP contribution in [0.15, 0.2) is 65.4 Å². The molecule has 0 atom stereocenters. The number of rotatable bonds is 6. The van der Waals surface area contributed by atoms with E-state index in [9.17, 15) is 9.59 Å². The van der Waals surface area contributed by atoms with Crippen molar-refractivity contribution in [3.8, 4) is 5.75 Å². The highest BCUT2D eigenvalue weighted by atomic mass is 16.5. The van der Waals surface area contributed by atoms with E-state index in [1.54, 1.807) is 41.4 Å². The fraction of sp³-hybridized carbons (Fsp3) is 0.261. The lowest BCUT2D eigenvalue weighted by Crippen LogP contribution is -2.49. The molecule has 4 rings (SSSR count). The van der Waals surface area contributed by atoms with Crippen LogP contribution in [0.5, 0.6) is 5.75 Å². The molecule has 1 fully saturated rings. The number of nitrogens with one attached hydrogen (secondary N) is 1. The van der Waals surface area contributed by atoms with Gasteiger partial charge in [-0.15, -0.1) is 0 Å². The largest absolute Gasteiger partial charge is 0.494 e. The Balaban J connectivity index is 1.33. The van der Waals surface area contributed by atoms with Crippen LogP contribution in [0.2, 0.25) is 0 Å². The molecular weight excluding hydrogens is 396 g/mol. The molecule has 0 bridgehead atoms. The number of ether oxygens (including phenoxy) is 1. The first-order valence-corrected chi connectivity index (χ1v) is 10.2. The van der Waals surface area contributed by atoms with Crippen molar-refractivity contribution in [3.05, 3.63) is 72.3 Å². The molecule has 8 heteroatoms. The standard InChI is InChI=1S/C23H24N4O4/c1-2-30-19-6-3-5-17(15-19)22(28)25-18-8-9-21(24-16-18)26-10-12-27(13-11-26)23(29)20-7-4-14-31-20/h3-9,14-16H,2,10-13H2,1H3,(H,25,28). The van der Waals surface area contributed by atoms with Gasteiger partial charge in [0.15, 0.2) is 5.76 Å². The Morgan fingerprint density at radius 1 is 1.10 bits per heavy atom. The van der Waals surface area contributed by atoms with Gasteiger partial charge in [-0.3, -0.25) is 9.59 Å². The number of pyridine rings is 1. The number of carbonyl (C=O) groups excluding carboxylic acids is 2. The van der Waals surface area contributed by atoms with Gasteiger partial charge in [0.1, 0.15) is 11.6 Å². The third-order valence-electron chi connectivity index (χ3n) is 5.04. The number of furan rings is 1. The Morgan fingerprint density at radius 2 is 1.94 bits per heavy atom. The first kappa shape index (κ1) is 20.5. The summed E-state index contributed by atoms with van der Waals surface area (Å²) in [6.45, 7) is 4.98. The van der Waals surface area contributed by atoms with E-state index in [-0.39, 0.29) is 11.8 Å². The lowest BCUT2D eigenvalue weighted by molar-refractivity contribution is 0.0714. The van der Waals surface area contributed by atoms with Gasteiger partial charge in [0, 0.05) is 31.7 Å². The number of nitrogens with zero attached hydrogens (tertiary/aromatic N) is 3. The molecule has 1 aliphatic rings. The van der Waals surface area contributed by atoms with Gasteiger partial charge >= 0.3 is 0 Å². The average molecular weight is 420 g/mol. The molecule has 0 radical (unpaired) electrons. The topological polar surface area (TPSA) is 87.9 Å². The monoisotopic (exact) mass is 420 g/mol. The van der Waals surface area contributed by atoms with E-state index in [1.807, 2.05) is 25.1 Å². The molecule has 1 N–H and O–H groups in total. The molecule has 1 saturated heterocycles. The minimum atomic E-state index is -0.221. The molecule has 31 heavy (non-hydrogen) atoms. The van der Waals surface area contributed by atoms with Gasteiger partial charge in [-0.1, -0.05) is 6.07 Å². The van der Waals surface area contributed by atoms with Gasteiger partial charge in [0.05, 0.1) is 24.8 Å². The van der Waals surface area contributed by atoms with E-state index < -0.39 is 0 Å². The molecule has 2 amide bonds. The third kappa shape index (κ3) is 4.85. The van der Waals surface area contributed by atoms with Crippen LogP contribution in [0.4, 0.5) is 11.5 Å². The molecule has 0 aliphatic carbocycles. The summed E-state index contributed by atoms with van der Waals surface area (Å²) in [5.74, 6) is 1.51. The zero-order valence-corrected chi connectivity index (χ0v) is 17.3.